The Balaban J connectivity index is 1.70. The van der Waals surface area contributed by atoms with Crippen molar-refractivity contribution in [3.05, 3.63) is 48.0 Å². The van der Waals surface area contributed by atoms with E-state index in [0.29, 0.717) is 6.54 Å². The summed E-state index contributed by atoms with van der Waals surface area (Å²) in [6, 6.07) is 10.9. The van der Waals surface area contributed by atoms with Crippen LogP contribution in [0.25, 0.3) is 0 Å². The molecule has 0 atom stereocenters. The SMILES string of the molecule is CCNC(=NCc1nncn1C)NCC1(c2ccccc2)CCCC1. The highest BCUT2D eigenvalue weighted by Crippen LogP contribution is 2.40. The van der Waals surface area contributed by atoms with Gasteiger partial charge in [-0.05, 0) is 25.3 Å². The first-order valence-corrected chi connectivity index (χ1v) is 9.14. The monoisotopic (exact) mass is 340 g/mol. The molecule has 0 bridgehead atoms. The lowest BCUT2D eigenvalue weighted by Crippen LogP contribution is -2.44. The molecule has 1 saturated carbocycles. The van der Waals surface area contributed by atoms with Gasteiger partial charge in [0.15, 0.2) is 11.8 Å². The summed E-state index contributed by atoms with van der Waals surface area (Å²) in [6.07, 6.45) is 6.75. The van der Waals surface area contributed by atoms with E-state index in [-0.39, 0.29) is 5.41 Å². The third-order valence-electron chi connectivity index (χ3n) is 5.07. The van der Waals surface area contributed by atoms with Crippen molar-refractivity contribution in [2.45, 2.75) is 44.6 Å². The van der Waals surface area contributed by atoms with E-state index < -0.39 is 0 Å². The second-order valence-electron chi connectivity index (χ2n) is 6.76. The van der Waals surface area contributed by atoms with E-state index in [2.05, 4.69) is 63.1 Å². The van der Waals surface area contributed by atoms with Crippen molar-refractivity contribution in [2.75, 3.05) is 13.1 Å². The molecule has 0 aliphatic heterocycles. The maximum atomic E-state index is 4.67. The Hall–Kier alpha value is -2.37. The molecule has 0 saturated heterocycles. The van der Waals surface area contributed by atoms with Gasteiger partial charge in [-0.15, -0.1) is 10.2 Å². The van der Waals surface area contributed by atoms with E-state index in [0.717, 1.165) is 24.9 Å². The maximum absolute atomic E-state index is 4.67. The molecule has 2 aromatic rings. The topological polar surface area (TPSA) is 67.1 Å². The number of nitrogens with zero attached hydrogens (tertiary/aromatic N) is 4. The molecule has 3 rings (SSSR count). The van der Waals surface area contributed by atoms with Crippen LogP contribution in [0.2, 0.25) is 0 Å². The Bertz CT molecular complexity index is 685. The van der Waals surface area contributed by atoms with E-state index in [9.17, 15) is 0 Å². The molecular weight excluding hydrogens is 312 g/mol. The molecule has 0 radical (unpaired) electrons. The molecule has 1 aromatic carbocycles. The number of hydrogen-bond donors (Lipinski definition) is 2. The van der Waals surface area contributed by atoms with Crippen LogP contribution in [-0.2, 0) is 19.0 Å². The fourth-order valence-corrected chi connectivity index (χ4v) is 3.61. The fraction of sp³-hybridized carbons (Fsp3) is 0.526. The lowest BCUT2D eigenvalue weighted by atomic mass is 9.79. The highest BCUT2D eigenvalue weighted by atomic mass is 15.3. The van der Waals surface area contributed by atoms with Crippen LogP contribution in [0.4, 0.5) is 0 Å². The highest BCUT2D eigenvalue weighted by molar-refractivity contribution is 5.79. The van der Waals surface area contributed by atoms with Gasteiger partial charge in [-0.3, -0.25) is 0 Å². The second-order valence-corrected chi connectivity index (χ2v) is 6.76. The number of rotatable bonds is 6. The summed E-state index contributed by atoms with van der Waals surface area (Å²) in [7, 11) is 1.94. The van der Waals surface area contributed by atoms with Crippen molar-refractivity contribution in [3.63, 3.8) is 0 Å². The van der Waals surface area contributed by atoms with Crippen molar-refractivity contribution in [3.8, 4) is 0 Å². The van der Waals surface area contributed by atoms with Crippen LogP contribution in [0.3, 0.4) is 0 Å². The van der Waals surface area contributed by atoms with Gasteiger partial charge in [-0.2, -0.15) is 0 Å². The Morgan fingerprint density at radius 1 is 1.20 bits per heavy atom. The molecule has 0 unspecified atom stereocenters. The minimum atomic E-state index is 0.211. The van der Waals surface area contributed by atoms with Crippen LogP contribution in [0.1, 0.15) is 44.0 Å². The van der Waals surface area contributed by atoms with Gasteiger partial charge in [-0.1, -0.05) is 43.2 Å². The molecule has 2 N–H and O–H groups in total. The summed E-state index contributed by atoms with van der Waals surface area (Å²) in [6.45, 7) is 4.34. The molecule has 25 heavy (non-hydrogen) atoms. The van der Waals surface area contributed by atoms with Crippen molar-refractivity contribution in [1.29, 1.82) is 0 Å². The molecule has 6 heteroatoms. The number of nitrogens with one attached hydrogen (secondary N) is 2. The van der Waals surface area contributed by atoms with Crippen LogP contribution >= 0.6 is 0 Å². The zero-order chi connectivity index (χ0) is 17.5. The molecule has 134 valence electrons. The highest BCUT2D eigenvalue weighted by Gasteiger charge is 2.35. The molecule has 1 aliphatic rings. The molecule has 1 fully saturated rings. The van der Waals surface area contributed by atoms with Crippen LogP contribution in [-0.4, -0.2) is 33.8 Å². The van der Waals surface area contributed by atoms with Crippen LogP contribution in [0.15, 0.2) is 41.7 Å². The summed E-state index contributed by atoms with van der Waals surface area (Å²) in [5.41, 5.74) is 1.64. The number of aryl methyl sites for hydroxylation is 1. The average molecular weight is 340 g/mol. The van der Waals surface area contributed by atoms with E-state index in [1.54, 1.807) is 6.33 Å². The Kier molecular flexibility index (Phi) is 5.68. The molecule has 1 heterocycles. The van der Waals surface area contributed by atoms with Gasteiger partial charge < -0.3 is 15.2 Å². The summed E-state index contributed by atoms with van der Waals surface area (Å²) >= 11 is 0. The van der Waals surface area contributed by atoms with Gasteiger partial charge in [0.2, 0.25) is 0 Å². The average Bonchev–Trinajstić information content (AvgIpc) is 3.28. The van der Waals surface area contributed by atoms with Gasteiger partial charge in [0.1, 0.15) is 12.9 Å². The van der Waals surface area contributed by atoms with E-state index >= 15 is 0 Å². The minimum absolute atomic E-state index is 0.211. The first-order chi connectivity index (χ1) is 12.2. The van der Waals surface area contributed by atoms with Crippen molar-refractivity contribution in [1.82, 2.24) is 25.4 Å². The predicted octanol–water partition coefficient (Wildman–Crippen LogP) is 2.38. The third kappa shape index (κ3) is 4.18. The van der Waals surface area contributed by atoms with Crippen LogP contribution < -0.4 is 10.6 Å². The smallest absolute Gasteiger partial charge is 0.191 e. The van der Waals surface area contributed by atoms with Gasteiger partial charge in [0.05, 0.1) is 0 Å². The van der Waals surface area contributed by atoms with Gasteiger partial charge in [0, 0.05) is 25.6 Å². The molecule has 0 amide bonds. The molecule has 0 spiro atoms. The second kappa shape index (κ2) is 8.14. The Morgan fingerprint density at radius 3 is 2.60 bits per heavy atom. The van der Waals surface area contributed by atoms with Gasteiger partial charge in [0.25, 0.3) is 0 Å². The Morgan fingerprint density at radius 2 is 1.96 bits per heavy atom. The standard InChI is InChI=1S/C19H28N6/c1-3-20-18(21-13-17-24-23-15-25(17)2)22-14-19(11-7-8-12-19)16-9-5-4-6-10-16/h4-6,9-10,15H,3,7-8,11-14H2,1-2H3,(H2,20,21,22). The van der Waals surface area contributed by atoms with Gasteiger partial charge in [-0.25, -0.2) is 4.99 Å². The van der Waals surface area contributed by atoms with E-state index in [1.165, 1.54) is 31.2 Å². The number of benzene rings is 1. The lowest BCUT2D eigenvalue weighted by molar-refractivity contribution is 0.431. The van der Waals surface area contributed by atoms with Crippen molar-refractivity contribution in [2.24, 2.45) is 12.0 Å². The predicted molar refractivity (Wildman–Crippen MR) is 100 cm³/mol. The van der Waals surface area contributed by atoms with Crippen molar-refractivity contribution >= 4 is 5.96 Å². The van der Waals surface area contributed by atoms with Crippen molar-refractivity contribution < 1.29 is 0 Å². The molecule has 1 aromatic heterocycles. The summed E-state index contributed by atoms with van der Waals surface area (Å²) in [5.74, 6) is 1.70. The minimum Gasteiger partial charge on any atom is -0.357 e. The maximum Gasteiger partial charge on any atom is 0.191 e. The number of aromatic nitrogens is 3. The first-order valence-electron chi connectivity index (χ1n) is 9.14. The molecular formula is C19H28N6. The quantitative estimate of drug-likeness (QED) is 0.626. The largest absolute Gasteiger partial charge is 0.357 e. The first kappa shape index (κ1) is 17.5. The zero-order valence-corrected chi connectivity index (χ0v) is 15.2. The normalized spacial score (nSPS) is 16.8. The van der Waals surface area contributed by atoms with E-state index in [4.69, 9.17) is 0 Å². The summed E-state index contributed by atoms with van der Waals surface area (Å²) in [5, 5.41) is 14.9. The Labute approximate surface area is 149 Å². The third-order valence-corrected chi connectivity index (χ3v) is 5.07. The number of aliphatic imine (C=N–C) groups is 1. The lowest BCUT2D eigenvalue weighted by Gasteiger charge is -2.30. The zero-order valence-electron chi connectivity index (χ0n) is 15.2. The summed E-state index contributed by atoms with van der Waals surface area (Å²) < 4.78 is 1.90. The van der Waals surface area contributed by atoms with E-state index in [1.807, 2.05) is 11.6 Å². The molecule has 1 aliphatic carbocycles. The van der Waals surface area contributed by atoms with Gasteiger partial charge >= 0.3 is 0 Å². The van der Waals surface area contributed by atoms with Crippen LogP contribution in [0.5, 0.6) is 0 Å². The molecule has 6 nitrogen and oxygen atoms in total. The summed E-state index contributed by atoms with van der Waals surface area (Å²) in [4.78, 5) is 4.67. The van der Waals surface area contributed by atoms with Crippen LogP contribution in [0, 0.1) is 0 Å². The number of hydrogen-bond acceptors (Lipinski definition) is 3. The fourth-order valence-electron chi connectivity index (χ4n) is 3.61. The number of guanidine groups is 1.